The second-order valence-corrected chi connectivity index (χ2v) is 7.68. The third kappa shape index (κ3) is 4.92. The van der Waals surface area contributed by atoms with E-state index in [0.29, 0.717) is 35.8 Å². The molecule has 3 aromatic rings. The van der Waals surface area contributed by atoms with E-state index >= 15 is 0 Å². The highest BCUT2D eigenvalue weighted by Gasteiger charge is 2.22. The second kappa shape index (κ2) is 10.1. The fourth-order valence-electron chi connectivity index (χ4n) is 3.96. The summed E-state index contributed by atoms with van der Waals surface area (Å²) >= 11 is 0. The summed E-state index contributed by atoms with van der Waals surface area (Å²) in [5, 5.41) is 2.91. The minimum absolute atomic E-state index is 0.0695. The van der Waals surface area contributed by atoms with Crippen LogP contribution in [0.4, 0.5) is 11.4 Å². The van der Waals surface area contributed by atoms with Gasteiger partial charge in [-0.05, 0) is 48.5 Å². The summed E-state index contributed by atoms with van der Waals surface area (Å²) in [7, 11) is 3.04. The van der Waals surface area contributed by atoms with Gasteiger partial charge in [0.05, 0.1) is 14.2 Å². The Kier molecular flexibility index (Phi) is 6.78. The van der Waals surface area contributed by atoms with E-state index in [9.17, 15) is 9.59 Å². The van der Waals surface area contributed by atoms with Crippen LogP contribution in [0.2, 0.25) is 0 Å². The number of piperazine rings is 1. The van der Waals surface area contributed by atoms with E-state index in [1.54, 1.807) is 18.2 Å². The molecule has 2 amide bonds. The molecule has 1 aliphatic heterocycles. The Hall–Kier alpha value is -4.00. The molecule has 4 rings (SSSR count). The Balaban J connectivity index is 1.38. The first-order chi connectivity index (χ1) is 16.1. The van der Waals surface area contributed by atoms with E-state index in [1.807, 2.05) is 59.5 Å². The zero-order valence-electron chi connectivity index (χ0n) is 18.8. The molecule has 0 saturated carbocycles. The van der Waals surface area contributed by atoms with E-state index in [0.717, 1.165) is 24.3 Å². The molecule has 0 atom stereocenters. The van der Waals surface area contributed by atoms with Gasteiger partial charge in [0.25, 0.3) is 11.8 Å². The number of hydrogen-bond donors (Lipinski definition) is 1. The van der Waals surface area contributed by atoms with E-state index in [2.05, 4.69) is 10.2 Å². The number of nitrogens with one attached hydrogen (secondary N) is 1. The molecular weight excluding hydrogens is 418 g/mol. The lowest BCUT2D eigenvalue weighted by atomic mass is 10.1. The lowest BCUT2D eigenvalue weighted by Crippen LogP contribution is -2.48. The van der Waals surface area contributed by atoms with Crippen LogP contribution < -0.4 is 19.7 Å². The van der Waals surface area contributed by atoms with Crippen LogP contribution in [-0.2, 0) is 0 Å². The fraction of sp³-hybridized carbons (Fsp3) is 0.231. The molecule has 33 heavy (non-hydrogen) atoms. The maximum Gasteiger partial charge on any atom is 0.263 e. The third-order valence-electron chi connectivity index (χ3n) is 5.73. The number of benzene rings is 3. The van der Waals surface area contributed by atoms with Crippen molar-refractivity contribution in [3.8, 4) is 11.5 Å². The van der Waals surface area contributed by atoms with Crippen LogP contribution >= 0.6 is 0 Å². The number of anilines is 2. The zero-order valence-corrected chi connectivity index (χ0v) is 18.8. The van der Waals surface area contributed by atoms with Crippen LogP contribution in [0.25, 0.3) is 0 Å². The van der Waals surface area contributed by atoms with Crippen molar-refractivity contribution in [2.45, 2.75) is 0 Å². The number of carbonyl (C=O) groups is 2. The maximum absolute atomic E-state index is 12.9. The first kappa shape index (κ1) is 22.2. The number of methoxy groups -OCH3 is 2. The topological polar surface area (TPSA) is 71.1 Å². The minimum atomic E-state index is -0.301. The van der Waals surface area contributed by atoms with Gasteiger partial charge in [-0.3, -0.25) is 9.59 Å². The molecule has 1 fully saturated rings. The molecule has 3 aromatic carbocycles. The molecule has 7 nitrogen and oxygen atoms in total. The van der Waals surface area contributed by atoms with E-state index < -0.39 is 0 Å². The standard InChI is InChI=1S/C26H27N3O4/c1-32-22-9-6-10-23(33-2)24(22)25(30)27-20-11-13-21(14-12-20)28-15-17-29(18-16-28)26(31)19-7-4-3-5-8-19/h3-14H,15-18H2,1-2H3,(H,27,30). The van der Waals surface area contributed by atoms with Crippen molar-refractivity contribution in [1.82, 2.24) is 4.90 Å². The third-order valence-corrected chi connectivity index (χ3v) is 5.73. The van der Waals surface area contributed by atoms with Gasteiger partial charge in [0.2, 0.25) is 0 Å². The quantitative estimate of drug-likeness (QED) is 0.623. The number of ether oxygens (including phenoxy) is 2. The number of carbonyl (C=O) groups excluding carboxylic acids is 2. The molecule has 0 unspecified atom stereocenters. The first-order valence-electron chi connectivity index (χ1n) is 10.8. The molecule has 0 aromatic heterocycles. The molecule has 0 bridgehead atoms. The summed E-state index contributed by atoms with van der Waals surface area (Å²) in [4.78, 5) is 29.6. The van der Waals surface area contributed by atoms with Crippen molar-refractivity contribution < 1.29 is 19.1 Å². The number of nitrogens with zero attached hydrogens (tertiary/aromatic N) is 2. The maximum atomic E-state index is 12.9. The second-order valence-electron chi connectivity index (χ2n) is 7.68. The van der Waals surface area contributed by atoms with E-state index in [4.69, 9.17) is 9.47 Å². The van der Waals surface area contributed by atoms with Crippen LogP contribution in [0.15, 0.2) is 72.8 Å². The van der Waals surface area contributed by atoms with Gasteiger partial charge in [-0.1, -0.05) is 24.3 Å². The molecule has 1 aliphatic rings. The van der Waals surface area contributed by atoms with Crippen molar-refractivity contribution in [3.63, 3.8) is 0 Å². The van der Waals surface area contributed by atoms with Gasteiger partial charge in [0.1, 0.15) is 17.1 Å². The summed E-state index contributed by atoms with van der Waals surface area (Å²) in [6.07, 6.45) is 0. The highest BCUT2D eigenvalue weighted by molar-refractivity contribution is 6.08. The number of hydrogen-bond acceptors (Lipinski definition) is 5. The van der Waals surface area contributed by atoms with Crippen LogP contribution in [0.5, 0.6) is 11.5 Å². The SMILES string of the molecule is COc1cccc(OC)c1C(=O)Nc1ccc(N2CCN(C(=O)c3ccccc3)CC2)cc1. The molecular formula is C26H27N3O4. The van der Waals surface area contributed by atoms with Gasteiger partial charge in [0.15, 0.2) is 0 Å². The van der Waals surface area contributed by atoms with Gasteiger partial charge in [0, 0.05) is 43.1 Å². The number of amides is 2. The number of rotatable bonds is 6. The Bertz CT molecular complexity index is 1090. The lowest BCUT2D eigenvalue weighted by Gasteiger charge is -2.36. The molecule has 0 aliphatic carbocycles. The van der Waals surface area contributed by atoms with Crippen molar-refractivity contribution in [1.29, 1.82) is 0 Å². The van der Waals surface area contributed by atoms with Gasteiger partial charge in [-0.15, -0.1) is 0 Å². The summed E-state index contributed by atoms with van der Waals surface area (Å²) in [5.74, 6) is 0.669. The molecule has 0 spiro atoms. The van der Waals surface area contributed by atoms with Gasteiger partial charge in [-0.2, -0.15) is 0 Å². The molecule has 1 heterocycles. The zero-order chi connectivity index (χ0) is 23.2. The highest BCUT2D eigenvalue weighted by Crippen LogP contribution is 2.29. The van der Waals surface area contributed by atoms with Crippen LogP contribution in [0, 0.1) is 0 Å². The average molecular weight is 446 g/mol. The molecule has 1 N–H and O–H groups in total. The smallest absolute Gasteiger partial charge is 0.263 e. The summed E-state index contributed by atoms with van der Waals surface area (Å²) in [6.45, 7) is 2.84. The molecule has 7 heteroatoms. The summed E-state index contributed by atoms with van der Waals surface area (Å²) in [5.41, 5.74) is 2.80. The predicted molar refractivity (Wildman–Crippen MR) is 128 cm³/mol. The van der Waals surface area contributed by atoms with Gasteiger partial charge in [-0.25, -0.2) is 0 Å². The fourth-order valence-corrected chi connectivity index (χ4v) is 3.96. The van der Waals surface area contributed by atoms with Gasteiger partial charge >= 0.3 is 0 Å². The van der Waals surface area contributed by atoms with Gasteiger partial charge < -0.3 is 24.6 Å². The monoisotopic (exact) mass is 445 g/mol. The average Bonchev–Trinajstić information content (AvgIpc) is 2.88. The van der Waals surface area contributed by atoms with Crippen molar-refractivity contribution >= 4 is 23.2 Å². The van der Waals surface area contributed by atoms with E-state index in [1.165, 1.54) is 14.2 Å². The Morgan fingerprint density at radius 1 is 0.758 bits per heavy atom. The Morgan fingerprint density at radius 3 is 1.94 bits per heavy atom. The normalized spacial score (nSPS) is 13.4. The predicted octanol–water partition coefficient (Wildman–Crippen LogP) is 3.92. The lowest BCUT2D eigenvalue weighted by molar-refractivity contribution is 0.0746. The first-order valence-corrected chi connectivity index (χ1v) is 10.8. The largest absolute Gasteiger partial charge is 0.496 e. The molecule has 0 radical (unpaired) electrons. The molecule has 1 saturated heterocycles. The van der Waals surface area contributed by atoms with Crippen LogP contribution in [0.3, 0.4) is 0 Å². The van der Waals surface area contributed by atoms with Crippen molar-refractivity contribution in [3.05, 3.63) is 83.9 Å². The van der Waals surface area contributed by atoms with E-state index in [-0.39, 0.29) is 11.8 Å². The Labute approximate surface area is 193 Å². The summed E-state index contributed by atoms with van der Waals surface area (Å²) in [6, 6.07) is 22.3. The van der Waals surface area contributed by atoms with Crippen molar-refractivity contribution in [2.75, 3.05) is 50.6 Å². The van der Waals surface area contributed by atoms with Crippen molar-refractivity contribution in [2.24, 2.45) is 0 Å². The summed E-state index contributed by atoms with van der Waals surface area (Å²) < 4.78 is 10.6. The molecule has 170 valence electrons. The van der Waals surface area contributed by atoms with Crippen LogP contribution in [0.1, 0.15) is 20.7 Å². The highest BCUT2D eigenvalue weighted by atomic mass is 16.5. The Morgan fingerprint density at radius 2 is 1.36 bits per heavy atom. The van der Waals surface area contributed by atoms with Crippen LogP contribution in [-0.4, -0.2) is 57.1 Å². The minimum Gasteiger partial charge on any atom is -0.496 e.